The molecular weight excluding hydrogens is 257 g/mol. The Balaban J connectivity index is 1.62. The van der Waals surface area contributed by atoms with Gasteiger partial charge in [-0.2, -0.15) is 14.6 Å². The minimum Gasteiger partial charge on any atom is -0.378 e. The molecule has 6 heteroatoms. The molecule has 0 amide bonds. The normalized spacial score (nSPS) is 15.9. The fourth-order valence-electron chi connectivity index (χ4n) is 2.74. The molecule has 0 bridgehead atoms. The lowest BCUT2D eigenvalue weighted by molar-refractivity contribution is 0.465. The van der Waals surface area contributed by atoms with Crippen molar-refractivity contribution in [3.05, 3.63) is 30.1 Å². The fourth-order valence-corrected chi connectivity index (χ4v) is 2.74. The highest BCUT2D eigenvalue weighted by Gasteiger charge is 2.17. The fraction of sp³-hybridized carbons (Fsp3) is 0.571. The van der Waals surface area contributed by atoms with E-state index >= 15 is 0 Å². The van der Waals surface area contributed by atoms with Crippen molar-refractivity contribution in [2.45, 2.75) is 51.7 Å². The summed E-state index contributed by atoms with van der Waals surface area (Å²) in [6.45, 7) is 2.85. The Kier molecular flexibility index (Phi) is 3.71. The van der Waals surface area contributed by atoms with Crippen molar-refractivity contribution in [3.63, 3.8) is 0 Å². The second kappa shape index (κ2) is 5.64. The Bertz CT molecular complexity index is 568. The molecule has 2 heterocycles. The first kappa shape index (κ1) is 13.1. The van der Waals surface area contributed by atoms with Crippen LogP contribution in [0.4, 0.5) is 10.1 Å². The number of hydrogen-bond donors (Lipinski definition) is 1. The van der Waals surface area contributed by atoms with Crippen LogP contribution in [0.2, 0.25) is 0 Å². The van der Waals surface area contributed by atoms with Crippen molar-refractivity contribution in [1.82, 2.24) is 19.6 Å². The molecule has 1 fully saturated rings. The number of nitrogens with one attached hydrogen (secondary N) is 1. The van der Waals surface area contributed by atoms with Crippen LogP contribution in [-0.4, -0.2) is 19.6 Å². The number of aryl methyl sites for hydroxylation is 1. The summed E-state index contributed by atoms with van der Waals surface area (Å²) in [6, 6.07) is 0.533. The van der Waals surface area contributed by atoms with Crippen molar-refractivity contribution in [1.29, 1.82) is 0 Å². The molecule has 0 radical (unpaired) electrons. The molecule has 3 rings (SSSR count). The number of rotatable bonds is 5. The molecule has 1 N–H and O–H groups in total. The number of hydrogen-bond acceptors (Lipinski definition) is 3. The first-order chi connectivity index (χ1) is 9.78. The van der Waals surface area contributed by atoms with Gasteiger partial charge in [0.2, 0.25) is 5.95 Å². The molecule has 108 valence electrons. The largest absolute Gasteiger partial charge is 0.378 e. The van der Waals surface area contributed by atoms with E-state index in [0.29, 0.717) is 24.7 Å². The summed E-state index contributed by atoms with van der Waals surface area (Å²) in [5.41, 5.74) is 1.51. The summed E-state index contributed by atoms with van der Waals surface area (Å²) in [5, 5.41) is 11.6. The predicted molar refractivity (Wildman–Crippen MR) is 74.9 cm³/mol. The second-order valence-electron chi connectivity index (χ2n) is 5.28. The van der Waals surface area contributed by atoms with E-state index in [4.69, 9.17) is 0 Å². The Morgan fingerprint density at radius 3 is 2.80 bits per heavy atom. The molecule has 0 aromatic carbocycles. The molecule has 0 saturated heterocycles. The zero-order chi connectivity index (χ0) is 13.9. The second-order valence-corrected chi connectivity index (χ2v) is 5.28. The van der Waals surface area contributed by atoms with Gasteiger partial charge in [-0.05, 0) is 19.8 Å². The van der Waals surface area contributed by atoms with Crippen LogP contribution in [0.3, 0.4) is 0 Å². The third kappa shape index (κ3) is 2.55. The van der Waals surface area contributed by atoms with Gasteiger partial charge in [0, 0.05) is 24.8 Å². The van der Waals surface area contributed by atoms with Gasteiger partial charge in [-0.1, -0.05) is 12.8 Å². The Labute approximate surface area is 117 Å². The lowest BCUT2D eigenvalue weighted by Crippen LogP contribution is -2.05. The third-order valence-electron chi connectivity index (χ3n) is 3.93. The van der Waals surface area contributed by atoms with Crippen molar-refractivity contribution in [2.24, 2.45) is 0 Å². The maximum atomic E-state index is 13.8. The van der Waals surface area contributed by atoms with Gasteiger partial charge in [0.1, 0.15) is 0 Å². The maximum absolute atomic E-state index is 13.8. The molecule has 2 aromatic rings. The van der Waals surface area contributed by atoms with Crippen LogP contribution in [0.1, 0.15) is 44.2 Å². The molecule has 0 aliphatic heterocycles. The summed E-state index contributed by atoms with van der Waals surface area (Å²) < 4.78 is 17.2. The Morgan fingerprint density at radius 1 is 1.30 bits per heavy atom. The van der Waals surface area contributed by atoms with Gasteiger partial charge in [0.15, 0.2) is 0 Å². The standard InChI is InChI=1S/C14H20FN5/c1-2-19-14(15)11(8-17-19)7-16-12-9-18-20(10-12)13-5-3-4-6-13/h8-10,13,16H,2-7H2,1H3. The quantitative estimate of drug-likeness (QED) is 0.914. The Hall–Kier alpha value is -1.85. The van der Waals surface area contributed by atoms with Crippen LogP contribution in [0.25, 0.3) is 0 Å². The van der Waals surface area contributed by atoms with Gasteiger partial charge in [0.05, 0.1) is 24.1 Å². The summed E-state index contributed by atoms with van der Waals surface area (Å²) in [6.07, 6.45) is 10.4. The highest BCUT2D eigenvalue weighted by molar-refractivity contribution is 5.39. The monoisotopic (exact) mass is 277 g/mol. The molecule has 1 saturated carbocycles. The van der Waals surface area contributed by atoms with E-state index in [1.165, 1.54) is 30.4 Å². The highest BCUT2D eigenvalue weighted by atomic mass is 19.1. The molecule has 1 aliphatic rings. The minimum absolute atomic E-state index is 0.261. The van der Waals surface area contributed by atoms with Crippen LogP contribution in [0.5, 0.6) is 0 Å². The third-order valence-corrected chi connectivity index (χ3v) is 3.93. The molecule has 1 aliphatic carbocycles. The van der Waals surface area contributed by atoms with Crippen molar-refractivity contribution in [3.8, 4) is 0 Å². The molecular formula is C14H20FN5. The summed E-state index contributed by atoms with van der Waals surface area (Å²) in [5.74, 6) is -0.261. The molecule has 2 aromatic heterocycles. The van der Waals surface area contributed by atoms with Crippen molar-refractivity contribution < 1.29 is 4.39 Å². The molecule has 0 spiro atoms. The predicted octanol–water partition coefficient (Wildman–Crippen LogP) is 2.97. The smallest absolute Gasteiger partial charge is 0.216 e. The lowest BCUT2D eigenvalue weighted by Gasteiger charge is -2.08. The topological polar surface area (TPSA) is 47.7 Å². The minimum atomic E-state index is -0.261. The van der Waals surface area contributed by atoms with Gasteiger partial charge in [-0.15, -0.1) is 0 Å². The summed E-state index contributed by atoms with van der Waals surface area (Å²) >= 11 is 0. The van der Waals surface area contributed by atoms with E-state index in [-0.39, 0.29) is 5.95 Å². The van der Waals surface area contributed by atoms with Crippen LogP contribution in [0.15, 0.2) is 18.6 Å². The molecule has 5 nitrogen and oxygen atoms in total. The highest BCUT2D eigenvalue weighted by Crippen LogP contribution is 2.29. The molecule has 20 heavy (non-hydrogen) atoms. The number of anilines is 1. The number of aromatic nitrogens is 4. The van der Waals surface area contributed by atoms with Crippen LogP contribution in [-0.2, 0) is 13.1 Å². The van der Waals surface area contributed by atoms with Gasteiger partial charge in [0.25, 0.3) is 0 Å². The molecule has 0 unspecified atom stereocenters. The van der Waals surface area contributed by atoms with E-state index in [1.807, 2.05) is 17.8 Å². The van der Waals surface area contributed by atoms with Crippen molar-refractivity contribution >= 4 is 5.69 Å². The van der Waals surface area contributed by atoms with Crippen LogP contribution in [0, 0.1) is 5.95 Å². The first-order valence-electron chi connectivity index (χ1n) is 7.26. The summed E-state index contributed by atoms with van der Waals surface area (Å²) in [4.78, 5) is 0. The van der Waals surface area contributed by atoms with Gasteiger partial charge in [-0.3, -0.25) is 4.68 Å². The SMILES string of the molecule is CCn1ncc(CNc2cnn(C3CCCC3)c2)c1F. The van der Waals surface area contributed by atoms with Gasteiger partial charge < -0.3 is 5.32 Å². The van der Waals surface area contributed by atoms with E-state index in [9.17, 15) is 4.39 Å². The lowest BCUT2D eigenvalue weighted by atomic mass is 10.3. The van der Waals surface area contributed by atoms with E-state index in [2.05, 4.69) is 15.5 Å². The Morgan fingerprint density at radius 2 is 2.10 bits per heavy atom. The maximum Gasteiger partial charge on any atom is 0.216 e. The van der Waals surface area contributed by atoms with E-state index in [1.54, 1.807) is 12.4 Å². The van der Waals surface area contributed by atoms with E-state index in [0.717, 1.165) is 5.69 Å². The summed E-state index contributed by atoms with van der Waals surface area (Å²) in [7, 11) is 0. The zero-order valence-electron chi connectivity index (χ0n) is 11.7. The van der Waals surface area contributed by atoms with Crippen molar-refractivity contribution in [2.75, 3.05) is 5.32 Å². The molecule has 0 atom stereocenters. The van der Waals surface area contributed by atoms with Gasteiger partial charge in [-0.25, -0.2) is 4.68 Å². The van der Waals surface area contributed by atoms with Gasteiger partial charge >= 0.3 is 0 Å². The number of nitrogens with zero attached hydrogens (tertiary/aromatic N) is 4. The van der Waals surface area contributed by atoms with E-state index < -0.39 is 0 Å². The average Bonchev–Trinajstić information content (AvgIpc) is 3.17. The number of halogens is 1. The first-order valence-corrected chi connectivity index (χ1v) is 7.26. The van der Waals surface area contributed by atoms with Crippen LogP contribution >= 0.6 is 0 Å². The zero-order valence-corrected chi connectivity index (χ0v) is 11.7. The van der Waals surface area contributed by atoms with Crippen LogP contribution < -0.4 is 5.32 Å². The average molecular weight is 277 g/mol.